The third kappa shape index (κ3) is 3.71. The Kier molecular flexibility index (Phi) is 6.75. The van der Waals surface area contributed by atoms with Crippen LogP contribution in [0.5, 0.6) is 0 Å². The van der Waals surface area contributed by atoms with Gasteiger partial charge in [0.05, 0.1) is 14.2 Å². The summed E-state index contributed by atoms with van der Waals surface area (Å²) in [5.74, 6) is -1.03. The third-order valence-electron chi connectivity index (χ3n) is 1.55. The van der Waals surface area contributed by atoms with E-state index in [0.29, 0.717) is 0 Å². The minimum Gasteiger partial charge on any atom is -0.466 e. The monoisotopic (exact) mass is 189 g/mol. The number of hydrogen-bond donors (Lipinski definition) is 1. The molecule has 0 aliphatic carbocycles. The van der Waals surface area contributed by atoms with Gasteiger partial charge < -0.3 is 15.6 Å². The van der Waals surface area contributed by atoms with E-state index in [0.717, 1.165) is 0 Å². The highest BCUT2D eigenvalue weighted by atomic mass is 16.5. The largest absolute Gasteiger partial charge is 0.466 e. The lowest BCUT2D eigenvalue weighted by molar-refractivity contribution is -0.139. The van der Waals surface area contributed by atoms with Crippen LogP contribution in [0.25, 0.3) is 0 Å². The topological polar surface area (TPSA) is 87.6 Å². The van der Waals surface area contributed by atoms with Crippen molar-refractivity contribution in [3.63, 3.8) is 0 Å². The van der Waals surface area contributed by atoms with Crippen LogP contribution in [0.1, 0.15) is 13.8 Å². The van der Waals surface area contributed by atoms with Gasteiger partial charge >= 0.3 is 11.9 Å². The van der Waals surface area contributed by atoms with Crippen molar-refractivity contribution in [3.05, 3.63) is 11.1 Å². The fourth-order valence-electron chi connectivity index (χ4n) is 0.612. The van der Waals surface area contributed by atoms with Crippen LogP contribution < -0.4 is 6.15 Å². The molecule has 0 bridgehead atoms. The van der Waals surface area contributed by atoms with Crippen molar-refractivity contribution in [2.45, 2.75) is 13.8 Å². The van der Waals surface area contributed by atoms with Crippen molar-refractivity contribution in [3.8, 4) is 0 Å². The Morgan fingerprint density at radius 2 is 1.08 bits per heavy atom. The highest BCUT2D eigenvalue weighted by Crippen LogP contribution is 2.06. The average Bonchev–Trinajstić information content (AvgIpc) is 2.12. The second-order valence-electron chi connectivity index (χ2n) is 2.23. The molecule has 0 aromatic rings. The first kappa shape index (κ1) is 14.2. The molecule has 0 unspecified atom stereocenters. The van der Waals surface area contributed by atoms with Crippen LogP contribution >= 0.6 is 0 Å². The smallest absolute Gasteiger partial charge is 0.333 e. The van der Waals surface area contributed by atoms with Gasteiger partial charge in [0.25, 0.3) is 0 Å². The predicted molar refractivity (Wildman–Crippen MR) is 47.4 cm³/mol. The summed E-state index contributed by atoms with van der Waals surface area (Å²) < 4.78 is 8.85. The Balaban J connectivity index is 0. The molecule has 0 heterocycles. The fraction of sp³-hybridized carbons (Fsp3) is 0.500. The molecule has 0 aliphatic heterocycles. The predicted octanol–water partition coefficient (Wildman–Crippen LogP) is 0.831. The molecule has 13 heavy (non-hydrogen) atoms. The van der Waals surface area contributed by atoms with E-state index >= 15 is 0 Å². The number of carbonyl (C=O) groups excluding carboxylic acids is 2. The van der Waals surface area contributed by atoms with Gasteiger partial charge in [0.1, 0.15) is 0 Å². The molecule has 0 saturated carbocycles. The summed E-state index contributed by atoms with van der Waals surface area (Å²) in [6, 6.07) is 0. The summed E-state index contributed by atoms with van der Waals surface area (Å²) in [7, 11) is 2.52. The zero-order valence-corrected chi connectivity index (χ0v) is 8.34. The Hall–Kier alpha value is -1.36. The first-order valence-electron chi connectivity index (χ1n) is 3.38. The summed E-state index contributed by atoms with van der Waals surface area (Å²) in [5, 5.41) is 0. The van der Waals surface area contributed by atoms with E-state index in [2.05, 4.69) is 9.47 Å². The molecule has 0 amide bonds. The SMILES string of the molecule is COC(=O)/C(C)=C(\C)C(=O)OC.N. The molecule has 5 nitrogen and oxygen atoms in total. The zero-order chi connectivity index (χ0) is 9.72. The van der Waals surface area contributed by atoms with Crippen LogP contribution in [0, 0.1) is 0 Å². The summed E-state index contributed by atoms with van der Waals surface area (Å²) >= 11 is 0. The van der Waals surface area contributed by atoms with Gasteiger partial charge in [-0.15, -0.1) is 0 Å². The van der Waals surface area contributed by atoms with Crippen molar-refractivity contribution in [1.29, 1.82) is 0 Å². The quantitative estimate of drug-likeness (QED) is 0.513. The van der Waals surface area contributed by atoms with Gasteiger partial charge in [-0.25, -0.2) is 9.59 Å². The van der Waals surface area contributed by atoms with Crippen LogP contribution in [-0.4, -0.2) is 26.2 Å². The van der Waals surface area contributed by atoms with E-state index in [1.807, 2.05) is 0 Å². The molecule has 5 heteroatoms. The molecule has 0 radical (unpaired) electrons. The lowest BCUT2D eigenvalue weighted by atomic mass is 10.1. The minimum absolute atomic E-state index is 0. The highest BCUT2D eigenvalue weighted by molar-refractivity contribution is 5.99. The molecular formula is C8H15NO4. The molecule has 0 aromatic heterocycles. The van der Waals surface area contributed by atoms with Crippen LogP contribution in [0.4, 0.5) is 0 Å². The second-order valence-corrected chi connectivity index (χ2v) is 2.23. The lowest BCUT2D eigenvalue weighted by Crippen LogP contribution is -2.10. The molecule has 0 saturated heterocycles. The summed E-state index contributed by atoms with van der Waals surface area (Å²) in [6.07, 6.45) is 0. The first-order valence-corrected chi connectivity index (χ1v) is 3.38. The van der Waals surface area contributed by atoms with Gasteiger partial charge in [-0.2, -0.15) is 0 Å². The summed E-state index contributed by atoms with van der Waals surface area (Å²) in [5.41, 5.74) is 0.536. The maximum Gasteiger partial charge on any atom is 0.333 e. The second kappa shape index (κ2) is 6.19. The van der Waals surface area contributed by atoms with Crippen LogP contribution in [0.2, 0.25) is 0 Å². The minimum atomic E-state index is -0.516. The van der Waals surface area contributed by atoms with E-state index in [9.17, 15) is 9.59 Å². The normalized spacial score (nSPS) is 10.8. The summed E-state index contributed by atoms with van der Waals surface area (Å²) in [4.78, 5) is 21.8. The Morgan fingerprint density at radius 1 is 0.846 bits per heavy atom. The third-order valence-corrected chi connectivity index (χ3v) is 1.55. The Morgan fingerprint density at radius 3 is 1.23 bits per heavy atom. The van der Waals surface area contributed by atoms with Crippen molar-refractivity contribution >= 4 is 11.9 Å². The van der Waals surface area contributed by atoms with Crippen LogP contribution in [0.3, 0.4) is 0 Å². The standard InChI is InChI=1S/C8H12O4.H3N/c1-5(7(9)11-3)6(2)8(10)12-4;/h1-4H3;1H3/b6-5+;. The van der Waals surface area contributed by atoms with Gasteiger partial charge in [0, 0.05) is 11.1 Å². The van der Waals surface area contributed by atoms with Crippen LogP contribution in [-0.2, 0) is 19.1 Å². The van der Waals surface area contributed by atoms with Gasteiger partial charge in [0.15, 0.2) is 0 Å². The van der Waals surface area contributed by atoms with Crippen molar-refractivity contribution in [2.75, 3.05) is 14.2 Å². The maximum atomic E-state index is 10.9. The molecule has 3 N–H and O–H groups in total. The fourth-order valence-corrected chi connectivity index (χ4v) is 0.612. The number of rotatable bonds is 2. The molecule has 0 aliphatic rings. The van der Waals surface area contributed by atoms with E-state index in [-0.39, 0.29) is 17.3 Å². The molecule has 0 aromatic carbocycles. The Bertz CT molecular complexity index is 208. The van der Waals surface area contributed by atoms with Gasteiger partial charge in [-0.1, -0.05) is 0 Å². The van der Waals surface area contributed by atoms with Crippen molar-refractivity contribution < 1.29 is 19.1 Å². The summed E-state index contributed by atoms with van der Waals surface area (Å²) in [6.45, 7) is 3.02. The van der Waals surface area contributed by atoms with Gasteiger partial charge in [-0.05, 0) is 13.8 Å². The molecule has 76 valence electrons. The number of hydrogen-bond acceptors (Lipinski definition) is 5. The molecular weight excluding hydrogens is 174 g/mol. The van der Waals surface area contributed by atoms with Gasteiger partial charge in [-0.3, -0.25) is 0 Å². The number of methoxy groups -OCH3 is 2. The zero-order valence-electron chi connectivity index (χ0n) is 8.34. The van der Waals surface area contributed by atoms with E-state index in [1.54, 1.807) is 0 Å². The maximum absolute atomic E-state index is 10.9. The van der Waals surface area contributed by atoms with E-state index < -0.39 is 11.9 Å². The van der Waals surface area contributed by atoms with Crippen LogP contribution in [0.15, 0.2) is 11.1 Å². The van der Waals surface area contributed by atoms with Crippen molar-refractivity contribution in [2.24, 2.45) is 0 Å². The number of carbonyl (C=O) groups is 2. The van der Waals surface area contributed by atoms with Crippen molar-refractivity contribution in [1.82, 2.24) is 6.15 Å². The lowest BCUT2D eigenvalue weighted by Gasteiger charge is -2.03. The number of esters is 2. The molecule has 0 atom stereocenters. The van der Waals surface area contributed by atoms with Gasteiger partial charge in [0.2, 0.25) is 0 Å². The molecule has 0 fully saturated rings. The van der Waals surface area contributed by atoms with E-state index in [4.69, 9.17) is 0 Å². The first-order chi connectivity index (χ1) is 5.54. The highest BCUT2D eigenvalue weighted by Gasteiger charge is 2.13. The Labute approximate surface area is 77.3 Å². The molecule has 0 rings (SSSR count). The average molecular weight is 189 g/mol. The van der Waals surface area contributed by atoms with E-state index in [1.165, 1.54) is 28.1 Å². The molecule has 0 spiro atoms. The number of ether oxygens (including phenoxy) is 2.